The van der Waals surface area contributed by atoms with Gasteiger partial charge in [-0.25, -0.2) is 0 Å². The zero-order valence-electron chi connectivity index (χ0n) is 12.3. The Morgan fingerprint density at radius 1 is 1.18 bits per heavy atom. The molecule has 3 nitrogen and oxygen atoms in total. The molecule has 2 aliphatic heterocycles. The zero-order valence-corrected chi connectivity index (χ0v) is 12.3. The lowest BCUT2D eigenvalue weighted by atomic mass is 10.0. The van der Waals surface area contributed by atoms with Gasteiger partial charge in [0.2, 0.25) is 0 Å². The fourth-order valence-electron chi connectivity index (χ4n) is 2.86. The van der Waals surface area contributed by atoms with Gasteiger partial charge in [-0.05, 0) is 38.1 Å². The van der Waals surface area contributed by atoms with Crippen LogP contribution in [0, 0.1) is 0 Å². The summed E-state index contributed by atoms with van der Waals surface area (Å²) in [7, 11) is 0. The second kappa shape index (κ2) is 5.68. The molecular formula is C16H18F3N3. The van der Waals surface area contributed by atoms with Crippen molar-refractivity contribution in [2.75, 3.05) is 19.6 Å². The van der Waals surface area contributed by atoms with Crippen LogP contribution in [0.2, 0.25) is 0 Å². The van der Waals surface area contributed by atoms with Crippen molar-refractivity contribution < 1.29 is 13.2 Å². The lowest BCUT2D eigenvalue weighted by molar-refractivity contribution is -0.137. The Bertz CT molecular complexity index is 615. The van der Waals surface area contributed by atoms with Crippen LogP contribution in [0.4, 0.5) is 13.2 Å². The molecule has 0 aliphatic carbocycles. The van der Waals surface area contributed by atoms with Crippen LogP contribution in [0.5, 0.6) is 0 Å². The summed E-state index contributed by atoms with van der Waals surface area (Å²) in [5, 5.41) is 5.29. The minimum atomic E-state index is -4.30. The van der Waals surface area contributed by atoms with Gasteiger partial charge in [-0.2, -0.15) is 13.2 Å². The van der Waals surface area contributed by atoms with E-state index in [1.165, 1.54) is 0 Å². The average Bonchev–Trinajstić information content (AvgIpc) is 2.68. The average molecular weight is 309 g/mol. The fourth-order valence-corrected chi connectivity index (χ4v) is 2.86. The van der Waals surface area contributed by atoms with Gasteiger partial charge in [-0.3, -0.25) is 10.4 Å². The maximum absolute atomic E-state index is 12.7. The van der Waals surface area contributed by atoms with Gasteiger partial charge < -0.3 is 5.32 Å². The lowest BCUT2D eigenvalue weighted by Crippen LogP contribution is -2.30. The number of halogens is 3. The predicted molar refractivity (Wildman–Crippen MR) is 79.4 cm³/mol. The smallest absolute Gasteiger partial charge is 0.313 e. The molecule has 2 N–H and O–H groups in total. The third-order valence-electron chi connectivity index (χ3n) is 3.94. The van der Waals surface area contributed by atoms with Gasteiger partial charge in [0.05, 0.1) is 17.0 Å². The Morgan fingerprint density at radius 3 is 2.55 bits per heavy atom. The van der Waals surface area contributed by atoms with E-state index >= 15 is 0 Å². The summed E-state index contributed by atoms with van der Waals surface area (Å²) in [6.45, 7) is 4.41. The molecule has 118 valence electrons. The SMILES string of the molecule is CCN1NC2=CCNCCC2=C1c1ccc(C(F)(F)F)cc1. The van der Waals surface area contributed by atoms with E-state index in [1.807, 2.05) is 11.9 Å². The van der Waals surface area contributed by atoms with Crippen LogP contribution in [-0.4, -0.2) is 24.6 Å². The van der Waals surface area contributed by atoms with Crippen LogP contribution in [0.25, 0.3) is 5.70 Å². The van der Waals surface area contributed by atoms with E-state index in [2.05, 4.69) is 16.8 Å². The van der Waals surface area contributed by atoms with Gasteiger partial charge in [0.15, 0.2) is 0 Å². The van der Waals surface area contributed by atoms with Gasteiger partial charge in [0.1, 0.15) is 0 Å². The van der Waals surface area contributed by atoms with Gasteiger partial charge >= 0.3 is 6.18 Å². The Morgan fingerprint density at radius 2 is 1.91 bits per heavy atom. The van der Waals surface area contributed by atoms with Crippen LogP contribution in [0.15, 0.2) is 41.6 Å². The van der Waals surface area contributed by atoms with Crippen molar-refractivity contribution in [1.82, 2.24) is 15.8 Å². The van der Waals surface area contributed by atoms with Crippen molar-refractivity contribution in [3.05, 3.63) is 52.7 Å². The van der Waals surface area contributed by atoms with E-state index in [0.29, 0.717) is 0 Å². The number of nitrogens with one attached hydrogen (secondary N) is 2. The van der Waals surface area contributed by atoms with Gasteiger partial charge in [0, 0.05) is 24.2 Å². The van der Waals surface area contributed by atoms with E-state index in [1.54, 1.807) is 12.1 Å². The molecular weight excluding hydrogens is 291 g/mol. The molecule has 22 heavy (non-hydrogen) atoms. The fraction of sp³-hybridized carbons (Fsp3) is 0.375. The highest BCUT2D eigenvalue weighted by atomic mass is 19.4. The van der Waals surface area contributed by atoms with E-state index in [0.717, 1.165) is 60.7 Å². The van der Waals surface area contributed by atoms with Crippen molar-refractivity contribution in [3.8, 4) is 0 Å². The second-order valence-corrected chi connectivity index (χ2v) is 5.33. The molecule has 3 rings (SSSR count). The molecule has 0 radical (unpaired) electrons. The van der Waals surface area contributed by atoms with E-state index in [-0.39, 0.29) is 0 Å². The van der Waals surface area contributed by atoms with Gasteiger partial charge in [0.25, 0.3) is 0 Å². The molecule has 0 bridgehead atoms. The lowest BCUT2D eigenvalue weighted by Gasteiger charge is -2.21. The number of allylic oxidation sites excluding steroid dienone is 1. The summed E-state index contributed by atoms with van der Waals surface area (Å²) in [4.78, 5) is 0. The number of nitrogens with zero attached hydrogens (tertiary/aromatic N) is 1. The summed E-state index contributed by atoms with van der Waals surface area (Å²) in [5.74, 6) is 0. The standard InChI is InChI=1S/C16H18F3N3/c1-2-22-15(13-7-9-20-10-8-14(13)21-22)11-3-5-12(6-4-11)16(17,18)19/h3-6,8,20-21H,2,7,9-10H2,1H3. The number of benzene rings is 1. The Kier molecular flexibility index (Phi) is 3.87. The molecule has 0 unspecified atom stereocenters. The van der Waals surface area contributed by atoms with Crippen LogP contribution >= 0.6 is 0 Å². The molecule has 0 atom stereocenters. The number of hydrogen-bond acceptors (Lipinski definition) is 3. The summed E-state index contributed by atoms with van der Waals surface area (Å²) in [5.41, 5.74) is 6.72. The number of fused-ring (bicyclic) bond motifs is 1. The molecule has 1 aromatic rings. The quantitative estimate of drug-likeness (QED) is 0.879. The van der Waals surface area contributed by atoms with Crippen molar-refractivity contribution in [2.24, 2.45) is 0 Å². The Hall–Kier alpha value is -1.95. The molecule has 0 amide bonds. The zero-order chi connectivity index (χ0) is 15.7. The third kappa shape index (κ3) is 2.70. The molecule has 2 aliphatic rings. The highest BCUT2D eigenvalue weighted by Crippen LogP contribution is 2.35. The van der Waals surface area contributed by atoms with Crippen molar-refractivity contribution in [3.63, 3.8) is 0 Å². The first-order valence-electron chi connectivity index (χ1n) is 7.37. The normalized spacial score (nSPS) is 18.7. The van der Waals surface area contributed by atoms with Crippen molar-refractivity contribution in [2.45, 2.75) is 19.5 Å². The van der Waals surface area contributed by atoms with Crippen LogP contribution < -0.4 is 10.7 Å². The van der Waals surface area contributed by atoms with Gasteiger partial charge in [-0.15, -0.1) is 0 Å². The largest absolute Gasteiger partial charge is 0.416 e. The Labute approximate surface area is 127 Å². The van der Waals surface area contributed by atoms with Crippen LogP contribution in [-0.2, 0) is 6.18 Å². The van der Waals surface area contributed by atoms with Crippen LogP contribution in [0.1, 0.15) is 24.5 Å². The molecule has 0 fully saturated rings. The van der Waals surface area contributed by atoms with E-state index < -0.39 is 11.7 Å². The molecule has 0 saturated heterocycles. The highest BCUT2D eigenvalue weighted by Gasteiger charge is 2.31. The van der Waals surface area contributed by atoms with E-state index in [9.17, 15) is 13.2 Å². The highest BCUT2D eigenvalue weighted by molar-refractivity contribution is 5.74. The number of hydrogen-bond donors (Lipinski definition) is 2. The number of alkyl halides is 3. The minimum Gasteiger partial charge on any atom is -0.313 e. The predicted octanol–water partition coefficient (Wildman–Crippen LogP) is 3.13. The third-order valence-corrected chi connectivity index (χ3v) is 3.94. The number of rotatable bonds is 2. The first kappa shape index (κ1) is 15.0. The Balaban J connectivity index is 2.02. The first-order valence-corrected chi connectivity index (χ1v) is 7.37. The molecule has 0 saturated carbocycles. The molecule has 6 heteroatoms. The first-order chi connectivity index (χ1) is 10.5. The van der Waals surface area contributed by atoms with Crippen LogP contribution in [0.3, 0.4) is 0 Å². The molecule has 2 heterocycles. The summed E-state index contributed by atoms with van der Waals surface area (Å²) >= 11 is 0. The second-order valence-electron chi connectivity index (χ2n) is 5.33. The van der Waals surface area contributed by atoms with E-state index in [4.69, 9.17) is 0 Å². The molecule has 0 spiro atoms. The maximum atomic E-state index is 12.7. The summed E-state index contributed by atoms with van der Waals surface area (Å²) in [6, 6.07) is 5.40. The summed E-state index contributed by atoms with van der Waals surface area (Å²) < 4.78 is 38.1. The van der Waals surface area contributed by atoms with Crippen molar-refractivity contribution in [1.29, 1.82) is 0 Å². The summed E-state index contributed by atoms with van der Waals surface area (Å²) in [6.07, 6.45) is -1.36. The monoisotopic (exact) mass is 309 g/mol. The molecule has 0 aromatic heterocycles. The van der Waals surface area contributed by atoms with Gasteiger partial charge in [-0.1, -0.05) is 12.1 Å². The topological polar surface area (TPSA) is 27.3 Å². The number of hydrazine groups is 1. The van der Waals surface area contributed by atoms with Crippen molar-refractivity contribution >= 4 is 5.70 Å². The minimum absolute atomic E-state index is 0.617. The molecule has 1 aromatic carbocycles. The maximum Gasteiger partial charge on any atom is 0.416 e.